The van der Waals surface area contributed by atoms with Crippen LogP contribution in [0.2, 0.25) is 0 Å². The minimum absolute atomic E-state index is 0.0709. The van der Waals surface area contributed by atoms with Gasteiger partial charge in [-0.05, 0) is 31.4 Å². The Morgan fingerprint density at radius 1 is 0.923 bits per heavy atom. The van der Waals surface area contributed by atoms with Crippen molar-refractivity contribution in [2.24, 2.45) is 5.41 Å². The molecule has 0 N–H and O–H groups in total. The van der Waals surface area contributed by atoms with E-state index in [1.54, 1.807) is 13.8 Å². The molecule has 1 aromatic carbocycles. The van der Waals surface area contributed by atoms with Crippen molar-refractivity contribution in [1.29, 1.82) is 0 Å². The number of esters is 2. The Labute approximate surface area is 151 Å². The topological polar surface area (TPSA) is 52.6 Å². The lowest BCUT2D eigenvalue weighted by atomic mass is 9.82. The quantitative estimate of drug-likeness (QED) is 0.191. The van der Waals surface area contributed by atoms with Crippen molar-refractivity contribution in [3.05, 3.63) is 29.6 Å². The van der Waals surface area contributed by atoms with Crippen molar-refractivity contribution >= 4 is 11.9 Å². The molecule has 0 saturated carbocycles. The van der Waals surface area contributed by atoms with Crippen LogP contribution >= 0.6 is 0 Å². The minimum Gasteiger partial charge on any atom is -0.465 e. The summed E-state index contributed by atoms with van der Waals surface area (Å²) in [5, 5.41) is 0. The first-order valence-electron chi connectivity index (χ1n) is 8.87. The zero-order chi connectivity index (χ0) is 19.7. The van der Waals surface area contributed by atoms with Gasteiger partial charge < -0.3 is 9.47 Å². The van der Waals surface area contributed by atoms with Gasteiger partial charge in [0.1, 0.15) is 0 Å². The Morgan fingerprint density at radius 2 is 1.58 bits per heavy atom. The van der Waals surface area contributed by atoms with Crippen LogP contribution in [0.15, 0.2) is 12.1 Å². The van der Waals surface area contributed by atoms with Crippen molar-refractivity contribution < 1.29 is 32.2 Å². The third kappa shape index (κ3) is 4.99. The van der Waals surface area contributed by atoms with Gasteiger partial charge in [0.25, 0.3) is 0 Å². The molecule has 1 rings (SSSR count). The highest BCUT2D eigenvalue weighted by molar-refractivity contribution is 6.00. The second-order valence-electron chi connectivity index (χ2n) is 6.05. The molecule has 7 heteroatoms. The molecule has 0 fully saturated rings. The van der Waals surface area contributed by atoms with Gasteiger partial charge in [0.15, 0.2) is 22.8 Å². The highest BCUT2D eigenvalue weighted by Gasteiger charge is 2.46. The van der Waals surface area contributed by atoms with E-state index in [-0.39, 0.29) is 19.4 Å². The standard InChI is InChI=1S/C19H25F3O4/c1-4-7-8-9-12-25-17(23)19(5-2,6-3)18(24)26-14-11-10-13(20)15(21)16(14)22/h10-11H,4-9,12H2,1-3H3. The minimum atomic E-state index is -1.74. The lowest BCUT2D eigenvalue weighted by molar-refractivity contribution is -0.168. The van der Waals surface area contributed by atoms with Gasteiger partial charge in [0.05, 0.1) is 6.61 Å². The Kier molecular flexibility index (Phi) is 8.61. The molecular formula is C19H25F3O4. The molecule has 4 nitrogen and oxygen atoms in total. The summed E-state index contributed by atoms with van der Waals surface area (Å²) in [5.74, 6) is -7.33. The SMILES string of the molecule is CCCCCCOC(=O)C(CC)(CC)C(=O)Oc1ccc(F)c(F)c1F. The van der Waals surface area contributed by atoms with Crippen LogP contribution in [0.5, 0.6) is 5.75 Å². The second kappa shape index (κ2) is 10.2. The van der Waals surface area contributed by atoms with Crippen LogP contribution in [0.1, 0.15) is 59.3 Å². The number of ether oxygens (including phenoxy) is 2. The van der Waals surface area contributed by atoms with Crippen LogP contribution in [-0.4, -0.2) is 18.5 Å². The van der Waals surface area contributed by atoms with Crippen LogP contribution in [0, 0.1) is 22.9 Å². The van der Waals surface area contributed by atoms with Crippen molar-refractivity contribution in [3.8, 4) is 5.75 Å². The monoisotopic (exact) mass is 374 g/mol. The van der Waals surface area contributed by atoms with Crippen molar-refractivity contribution in [2.75, 3.05) is 6.61 Å². The van der Waals surface area contributed by atoms with Gasteiger partial charge in [-0.15, -0.1) is 0 Å². The van der Waals surface area contributed by atoms with E-state index in [2.05, 4.69) is 6.92 Å². The summed E-state index contributed by atoms with van der Waals surface area (Å²) in [6.07, 6.45) is 3.77. The van der Waals surface area contributed by atoms with Crippen LogP contribution in [0.3, 0.4) is 0 Å². The maximum Gasteiger partial charge on any atom is 0.328 e. The maximum absolute atomic E-state index is 13.7. The first-order valence-corrected chi connectivity index (χ1v) is 8.87. The molecule has 0 aliphatic rings. The zero-order valence-electron chi connectivity index (χ0n) is 15.4. The highest BCUT2D eigenvalue weighted by Crippen LogP contribution is 2.32. The molecule has 0 spiro atoms. The summed E-state index contributed by atoms with van der Waals surface area (Å²) in [4.78, 5) is 25.0. The number of hydrogen-bond donors (Lipinski definition) is 0. The van der Waals surface area contributed by atoms with E-state index >= 15 is 0 Å². The van der Waals surface area contributed by atoms with Crippen LogP contribution in [0.4, 0.5) is 13.2 Å². The van der Waals surface area contributed by atoms with Gasteiger partial charge >= 0.3 is 11.9 Å². The van der Waals surface area contributed by atoms with Gasteiger partial charge in [0, 0.05) is 0 Å². The number of carbonyl (C=O) groups is 2. The number of carbonyl (C=O) groups excluding carboxylic acids is 2. The summed E-state index contributed by atoms with van der Waals surface area (Å²) in [5.41, 5.74) is -1.62. The van der Waals surface area contributed by atoms with E-state index in [0.717, 1.165) is 25.3 Å². The predicted octanol–water partition coefficient (Wildman–Crippen LogP) is 4.94. The smallest absolute Gasteiger partial charge is 0.328 e. The van der Waals surface area contributed by atoms with E-state index < -0.39 is 40.6 Å². The molecule has 0 aromatic heterocycles. The fourth-order valence-electron chi connectivity index (χ4n) is 2.53. The first-order chi connectivity index (χ1) is 12.3. The molecule has 0 radical (unpaired) electrons. The molecule has 0 aliphatic heterocycles. The average molecular weight is 374 g/mol. The van der Waals surface area contributed by atoms with Gasteiger partial charge in [0.2, 0.25) is 5.82 Å². The molecule has 0 unspecified atom stereocenters. The summed E-state index contributed by atoms with van der Waals surface area (Å²) >= 11 is 0. The number of hydrogen-bond acceptors (Lipinski definition) is 4. The summed E-state index contributed by atoms with van der Waals surface area (Å²) in [7, 11) is 0. The third-order valence-corrected chi connectivity index (χ3v) is 4.42. The maximum atomic E-state index is 13.7. The van der Waals surface area contributed by atoms with Crippen LogP contribution in [0.25, 0.3) is 0 Å². The Morgan fingerprint density at radius 3 is 2.15 bits per heavy atom. The van der Waals surface area contributed by atoms with Gasteiger partial charge in [-0.3, -0.25) is 9.59 Å². The molecular weight excluding hydrogens is 349 g/mol. The fourth-order valence-corrected chi connectivity index (χ4v) is 2.53. The number of rotatable bonds is 10. The van der Waals surface area contributed by atoms with Gasteiger partial charge in [-0.25, -0.2) is 8.78 Å². The molecule has 0 atom stereocenters. The summed E-state index contributed by atoms with van der Waals surface area (Å²) in [6, 6.07) is 1.45. The van der Waals surface area contributed by atoms with Crippen molar-refractivity contribution in [1.82, 2.24) is 0 Å². The van der Waals surface area contributed by atoms with Crippen LogP contribution in [-0.2, 0) is 14.3 Å². The Hall–Kier alpha value is -2.05. The molecule has 26 heavy (non-hydrogen) atoms. The number of halogens is 3. The lowest BCUT2D eigenvalue weighted by Crippen LogP contribution is -2.42. The zero-order valence-corrected chi connectivity index (χ0v) is 15.4. The first kappa shape index (κ1) is 22.0. The average Bonchev–Trinajstić information content (AvgIpc) is 2.63. The summed E-state index contributed by atoms with van der Waals surface area (Å²) in [6.45, 7) is 5.43. The Bertz CT molecular complexity index is 627. The Balaban J connectivity index is 2.88. The summed E-state index contributed by atoms with van der Waals surface area (Å²) < 4.78 is 50.1. The molecule has 0 aliphatic carbocycles. The lowest BCUT2D eigenvalue weighted by Gasteiger charge is -2.26. The van der Waals surface area contributed by atoms with E-state index in [4.69, 9.17) is 9.47 Å². The molecule has 0 amide bonds. The largest absolute Gasteiger partial charge is 0.465 e. The highest BCUT2D eigenvalue weighted by atomic mass is 19.2. The predicted molar refractivity (Wildman–Crippen MR) is 90.1 cm³/mol. The van der Waals surface area contributed by atoms with Gasteiger partial charge in [-0.1, -0.05) is 40.0 Å². The number of benzene rings is 1. The fraction of sp³-hybridized carbons (Fsp3) is 0.579. The van der Waals surface area contributed by atoms with Crippen LogP contribution < -0.4 is 4.74 Å². The van der Waals surface area contributed by atoms with E-state index in [0.29, 0.717) is 12.5 Å². The van der Waals surface area contributed by atoms with Gasteiger partial charge in [-0.2, -0.15) is 4.39 Å². The molecule has 0 bridgehead atoms. The molecule has 146 valence electrons. The van der Waals surface area contributed by atoms with Crippen molar-refractivity contribution in [3.63, 3.8) is 0 Å². The normalized spacial score (nSPS) is 11.3. The van der Waals surface area contributed by atoms with Crippen molar-refractivity contribution in [2.45, 2.75) is 59.3 Å². The number of unbranched alkanes of at least 4 members (excludes halogenated alkanes) is 3. The van der Waals surface area contributed by atoms with E-state index in [1.165, 1.54) is 0 Å². The second-order valence-corrected chi connectivity index (χ2v) is 6.05. The van der Waals surface area contributed by atoms with E-state index in [1.807, 2.05) is 0 Å². The van der Waals surface area contributed by atoms with E-state index in [9.17, 15) is 22.8 Å². The third-order valence-electron chi connectivity index (χ3n) is 4.42. The molecule has 1 aromatic rings. The molecule has 0 saturated heterocycles. The molecule has 0 heterocycles.